The van der Waals surface area contributed by atoms with Crippen molar-refractivity contribution in [3.63, 3.8) is 0 Å². The average molecular weight is 492 g/mol. The third kappa shape index (κ3) is 4.82. The smallest absolute Gasteiger partial charge is 0.327 e. The van der Waals surface area contributed by atoms with E-state index in [1.165, 1.54) is 26.4 Å². The summed E-state index contributed by atoms with van der Waals surface area (Å²) in [7, 11) is -1.49. The molecule has 2 aliphatic heterocycles. The minimum absolute atomic E-state index is 0.0138. The van der Waals surface area contributed by atoms with Crippen molar-refractivity contribution in [3.8, 4) is 5.75 Å². The Hall–Kier alpha value is -2.50. The second-order valence-electron chi connectivity index (χ2n) is 8.63. The molecule has 0 spiro atoms. The standard InChI is InChI=1S/C24H29NO8S/c1-24(2)32-19-14-25(20(23(26)30-4)22(29-3)21(19)33-24)34(27,28)18-12-10-17(11-13-18)31-15-16-8-6-5-7-9-16/h5-13,19-22H,14-15H2,1-4H3/t19-,20+,21+,22-/m0/s1. The van der Waals surface area contributed by atoms with Gasteiger partial charge in [-0.25, -0.2) is 8.42 Å². The van der Waals surface area contributed by atoms with E-state index in [1.807, 2.05) is 30.3 Å². The maximum atomic E-state index is 13.6. The van der Waals surface area contributed by atoms with Gasteiger partial charge in [0.05, 0.1) is 12.0 Å². The summed E-state index contributed by atoms with van der Waals surface area (Å²) in [5.74, 6) is -1.15. The largest absolute Gasteiger partial charge is 0.489 e. The molecule has 0 N–H and O–H groups in total. The third-order valence-corrected chi connectivity index (χ3v) is 7.78. The van der Waals surface area contributed by atoms with Crippen LogP contribution in [0, 0.1) is 0 Å². The molecule has 0 amide bonds. The van der Waals surface area contributed by atoms with Crippen molar-refractivity contribution in [3.05, 3.63) is 60.2 Å². The number of hydrogen-bond donors (Lipinski definition) is 0. The van der Waals surface area contributed by atoms with Crippen LogP contribution < -0.4 is 4.74 Å². The fraction of sp³-hybridized carbons (Fsp3) is 0.458. The molecule has 34 heavy (non-hydrogen) atoms. The number of ether oxygens (including phenoxy) is 5. The van der Waals surface area contributed by atoms with E-state index in [0.29, 0.717) is 12.4 Å². The van der Waals surface area contributed by atoms with Crippen molar-refractivity contribution in [2.24, 2.45) is 0 Å². The summed E-state index contributed by atoms with van der Waals surface area (Å²) in [6.07, 6.45) is -2.13. The van der Waals surface area contributed by atoms with E-state index in [0.717, 1.165) is 9.87 Å². The van der Waals surface area contributed by atoms with Crippen LogP contribution in [0.25, 0.3) is 0 Å². The molecule has 2 saturated heterocycles. The van der Waals surface area contributed by atoms with E-state index in [9.17, 15) is 13.2 Å². The summed E-state index contributed by atoms with van der Waals surface area (Å²) < 4.78 is 56.5. The third-order valence-electron chi connectivity index (χ3n) is 5.92. The molecule has 184 valence electrons. The summed E-state index contributed by atoms with van der Waals surface area (Å²) in [5.41, 5.74) is 0.996. The van der Waals surface area contributed by atoms with Crippen LogP contribution in [-0.4, -0.2) is 69.6 Å². The van der Waals surface area contributed by atoms with E-state index in [2.05, 4.69) is 0 Å². The molecule has 0 aliphatic carbocycles. The van der Waals surface area contributed by atoms with Gasteiger partial charge >= 0.3 is 5.97 Å². The number of sulfonamides is 1. The number of fused-ring (bicyclic) bond motifs is 1. The number of methoxy groups -OCH3 is 2. The molecule has 0 unspecified atom stereocenters. The van der Waals surface area contributed by atoms with Crippen molar-refractivity contribution < 1.29 is 36.9 Å². The molecular weight excluding hydrogens is 462 g/mol. The molecule has 2 aromatic rings. The van der Waals surface area contributed by atoms with Gasteiger partial charge in [-0.2, -0.15) is 4.31 Å². The van der Waals surface area contributed by atoms with Crippen LogP contribution in [0.1, 0.15) is 19.4 Å². The van der Waals surface area contributed by atoms with E-state index >= 15 is 0 Å². The van der Waals surface area contributed by atoms with Gasteiger partial charge in [0.15, 0.2) is 11.8 Å². The SMILES string of the molecule is COC(=O)[C@H]1[C@H](OC)[C@@H]2OC(C)(C)O[C@H]2CN1S(=O)(=O)c1ccc(OCc2ccccc2)cc1. The van der Waals surface area contributed by atoms with Crippen LogP contribution in [0.15, 0.2) is 59.5 Å². The normalized spacial score (nSPS) is 26.6. The summed E-state index contributed by atoms with van der Waals surface area (Å²) >= 11 is 0. The Bertz CT molecular complexity index is 1100. The Morgan fingerprint density at radius 1 is 1.06 bits per heavy atom. The number of esters is 1. The summed E-state index contributed by atoms with van der Waals surface area (Å²) in [5, 5.41) is 0. The average Bonchev–Trinajstić information content (AvgIpc) is 3.15. The van der Waals surface area contributed by atoms with Gasteiger partial charge in [0.25, 0.3) is 0 Å². The Morgan fingerprint density at radius 2 is 1.74 bits per heavy atom. The highest BCUT2D eigenvalue weighted by atomic mass is 32.2. The second kappa shape index (κ2) is 9.63. The summed E-state index contributed by atoms with van der Waals surface area (Å²) in [4.78, 5) is 12.7. The van der Waals surface area contributed by atoms with Crippen molar-refractivity contribution in [2.45, 2.75) is 55.5 Å². The summed E-state index contributed by atoms with van der Waals surface area (Å²) in [6.45, 7) is 3.74. The Kier molecular flexibility index (Phi) is 6.97. The van der Waals surface area contributed by atoms with Crippen LogP contribution in [0.5, 0.6) is 5.75 Å². The lowest BCUT2D eigenvalue weighted by Crippen LogP contribution is -2.65. The number of carbonyl (C=O) groups excluding carboxylic acids is 1. The van der Waals surface area contributed by atoms with Crippen LogP contribution in [0.4, 0.5) is 0 Å². The van der Waals surface area contributed by atoms with Crippen molar-refractivity contribution >= 4 is 16.0 Å². The first-order valence-electron chi connectivity index (χ1n) is 10.9. The Morgan fingerprint density at radius 3 is 2.35 bits per heavy atom. The zero-order valence-electron chi connectivity index (χ0n) is 19.5. The predicted molar refractivity (Wildman–Crippen MR) is 122 cm³/mol. The van der Waals surface area contributed by atoms with E-state index in [4.69, 9.17) is 23.7 Å². The predicted octanol–water partition coefficient (Wildman–Crippen LogP) is 2.35. The molecule has 2 aliphatic rings. The van der Waals surface area contributed by atoms with Crippen molar-refractivity contribution in [1.29, 1.82) is 0 Å². The lowest BCUT2D eigenvalue weighted by atomic mass is 9.96. The van der Waals surface area contributed by atoms with Gasteiger partial charge < -0.3 is 23.7 Å². The molecule has 0 saturated carbocycles. The molecule has 4 rings (SSSR count). The number of hydrogen-bond acceptors (Lipinski definition) is 8. The Balaban J connectivity index is 1.59. The number of benzene rings is 2. The molecular formula is C24H29NO8S. The zero-order valence-corrected chi connectivity index (χ0v) is 20.4. The van der Waals surface area contributed by atoms with Gasteiger partial charge in [0, 0.05) is 13.7 Å². The Labute approximate surface area is 199 Å². The number of rotatable bonds is 7. The molecule has 2 aromatic carbocycles. The number of piperidine rings is 1. The number of carbonyl (C=O) groups is 1. The fourth-order valence-corrected chi connectivity index (χ4v) is 5.98. The first kappa shape index (κ1) is 24.6. The molecule has 0 radical (unpaired) electrons. The minimum Gasteiger partial charge on any atom is -0.489 e. The summed E-state index contributed by atoms with van der Waals surface area (Å²) in [6, 6.07) is 14.5. The molecule has 10 heteroatoms. The minimum atomic E-state index is -4.11. The maximum absolute atomic E-state index is 13.6. The van der Waals surface area contributed by atoms with Crippen LogP contribution in [-0.2, 0) is 40.4 Å². The highest BCUT2D eigenvalue weighted by Crippen LogP contribution is 2.39. The molecule has 0 bridgehead atoms. The van der Waals surface area contributed by atoms with E-state index < -0.39 is 46.1 Å². The van der Waals surface area contributed by atoms with Crippen LogP contribution in [0.3, 0.4) is 0 Å². The molecule has 0 aromatic heterocycles. The van der Waals surface area contributed by atoms with Gasteiger partial charge in [0.1, 0.15) is 30.7 Å². The zero-order chi connectivity index (χ0) is 24.5. The molecule has 4 atom stereocenters. The topological polar surface area (TPSA) is 101 Å². The lowest BCUT2D eigenvalue weighted by molar-refractivity contribution is -0.168. The van der Waals surface area contributed by atoms with Crippen molar-refractivity contribution in [2.75, 3.05) is 20.8 Å². The first-order valence-corrected chi connectivity index (χ1v) is 12.3. The monoisotopic (exact) mass is 491 g/mol. The van der Waals surface area contributed by atoms with E-state index in [-0.39, 0.29) is 11.4 Å². The van der Waals surface area contributed by atoms with Gasteiger partial charge in [0.2, 0.25) is 10.0 Å². The maximum Gasteiger partial charge on any atom is 0.327 e. The highest BCUT2D eigenvalue weighted by molar-refractivity contribution is 7.89. The second-order valence-corrected chi connectivity index (χ2v) is 10.5. The van der Waals surface area contributed by atoms with Crippen LogP contribution in [0.2, 0.25) is 0 Å². The van der Waals surface area contributed by atoms with Gasteiger partial charge in [-0.1, -0.05) is 30.3 Å². The molecule has 2 heterocycles. The van der Waals surface area contributed by atoms with Gasteiger partial charge in [-0.05, 0) is 43.7 Å². The van der Waals surface area contributed by atoms with E-state index in [1.54, 1.807) is 26.0 Å². The van der Waals surface area contributed by atoms with Crippen molar-refractivity contribution in [1.82, 2.24) is 4.31 Å². The lowest BCUT2D eigenvalue weighted by Gasteiger charge is -2.42. The molecule has 9 nitrogen and oxygen atoms in total. The fourth-order valence-electron chi connectivity index (χ4n) is 4.38. The first-order chi connectivity index (χ1) is 16.2. The van der Waals surface area contributed by atoms with Crippen LogP contribution >= 0.6 is 0 Å². The highest BCUT2D eigenvalue weighted by Gasteiger charge is 2.58. The quantitative estimate of drug-likeness (QED) is 0.544. The molecule has 2 fully saturated rings. The van der Waals surface area contributed by atoms with Gasteiger partial charge in [-0.15, -0.1) is 0 Å². The number of nitrogens with zero attached hydrogens (tertiary/aromatic N) is 1. The van der Waals surface area contributed by atoms with Gasteiger partial charge in [-0.3, -0.25) is 4.79 Å².